The fourth-order valence-electron chi connectivity index (χ4n) is 1.21. The van der Waals surface area contributed by atoms with Crippen molar-refractivity contribution in [2.24, 2.45) is 5.73 Å². The number of nitrogens with zero attached hydrogens (tertiary/aromatic N) is 1. The van der Waals surface area contributed by atoms with Crippen LogP contribution in [0.5, 0.6) is 0 Å². The summed E-state index contributed by atoms with van der Waals surface area (Å²) in [5, 5.41) is 8.88. The minimum atomic E-state index is 0.267. The summed E-state index contributed by atoms with van der Waals surface area (Å²) in [7, 11) is 0. The Labute approximate surface area is 95.5 Å². The van der Waals surface area contributed by atoms with Crippen LogP contribution in [0, 0.1) is 11.3 Å². The minimum Gasteiger partial charge on any atom is -0.328 e. The molecule has 0 aliphatic rings. The third-order valence-electron chi connectivity index (χ3n) is 2.11. The van der Waals surface area contributed by atoms with E-state index in [0.717, 1.165) is 29.1 Å². The van der Waals surface area contributed by atoms with Crippen LogP contribution in [0.2, 0.25) is 0 Å². The van der Waals surface area contributed by atoms with Crippen molar-refractivity contribution in [2.75, 3.05) is 5.75 Å². The van der Waals surface area contributed by atoms with E-state index in [-0.39, 0.29) is 6.04 Å². The Morgan fingerprint density at radius 1 is 1.47 bits per heavy atom. The second-order valence-electron chi connectivity index (χ2n) is 3.59. The SMILES string of the molecule is CC(N)CCSCc1ccccc1C#N. The predicted molar refractivity (Wildman–Crippen MR) is 65.6 cm³/mol. The zero-order valence-corrected chi connectivity index (χ0v) is 9.76. The summed E-state index contributed by atoms with van der Waals surface area (Å²) < 4.78 is 0. The lowest BCUT2D eigenvalue weighted by Gasteiger charge is -2.05. The van der Waals surface area contributed by atoms with Crippen molar-refractivity contribution in [1.29, 1.82) is 5.26 Å². The van der Waals surface area contributed by atoms with Gasteiger partial charge in [0.15, 0.2) is 0 Å². The first-order chi connectivity index (χ1) is 7.24. The summed E-state index contributed by atoms with van der Waals surface area (Å²) in [6.07, 6.45) is 1.03. The normalized spacial score (nSPS) is 12.1. The molecule has 15 heavy (non-hydrogen) atoms. The molecule has 0 aromatic heterocycles. The van der Waals surface area contributed by atoms with Gasteiger partial charge in [-0.05, 0) is 30.7 Å². The van der Waals surface area contributed by atoms with Crippen molar-refractivity contribution in [3.8, 4) is 6.07 Å². The first kappa shape index (κ1) is 12.1. The molecule has 0 saturated carbocycles. The van der Waals surface area contributed by atoms with E-state index in [1.165, 1.54) is 0 Å². The van der Waals surface area contributed by atoms with Crippen LogP contribution in [0.15, 0.2) is 24.3 Å². The Morgan fingerprint density at radius 2 is 2.20 bits per heavy atom. The summed E-state index contributed by atoms with van der Waals surface area (Å²) in [4.78, 5) is 0. The molecule has 0 bridgehead atoms. The number of nitrogens with two attached hydrogens (primary N) is 1. The van der Waals surface area contributed by atoms with Gasteiger partial charge in [-0.25, -0.2) is 0 Å². The maximum atomic E-state index is 8.88. The Balaban J connectivity index is 2.41. The van der Waals surface area contributed by atoms with E-state index in [0.29, 0.717) is 0 Å². The lowest BCUT2D eigenvalue weighted by molar-refractivity contribution is 0.721. The average molecular weight is 220 g/mol. The Hall–Kier alpha value is -0.980. The van der Waals surface area contributed by atoms with E-state index < -0.39 is 0 Å². The van der Waals surface area contributed by atoms with Gasteiger partial charge in [0.1, 0.15) is 0 Å². The van der Waals surface area contributed by atoms with E-state index in [1.54, 1.807) is 0 Å². The summed E-state index contributed by atoms with van der Waals surface area (Å²) >= 11 is 1.83. The van der Waals surface area contributed by atoms with Gasteiger partial charge in [0.25, 0.3) is 0 Å². The van der Waals surface area contributed by atoms with Crippen molar-refractivity contribution in [1.82, 2.24) is 0 Å². The average Bonchev–Trinajstić information content (AvgIpc) is 2.24. The highest BCUT2D eigenvalue weighted by molar-refractivity contribution is 7.98. The predicted octanol–water partition coefficient (Wildman–Crippen LogP) is 2.53. The topological polar surface area (TPSA) is 49.8 Å². The highest BCUT2D eigenvalue weighted by Gasteiger charge is 2.01. The van der Waals surface area contributed by atoms with Crippen LogP contribution in [-0.2, 0) is 5.75 Å². The van der Waals surface area contributed by atoms with Crippen LogP contribution >= 0.6 is 11.8 Å². The molecule has 1 unspecified atom stereocenters. The van der Waals surface area contributed by atoms with E-state index in [2.05, 4.69) is 6.07 Å². The zero-order valence-electron chi connectivity index (χ0n) is 8.94. The van der Waals surface area contributed by atoms with Gasteiger partial charge < -0.3 is 5.73 Å². The fraction of sp³-hybridized carbons (Fsp3) is 0.417. The van der Waals surface area contributed by atoms with Gasteiger partial charge in [-0.15, -0.1) is 0 Å². The molecule has 3 heteroatoms. The Morgan fingerprint density at radius 3 is 2.87 bits per heavy atom. The maximum absolute atomic E-state index is 8.88. The largest absolute Gasteiger partial charge is 0.328 e. The third kappa shape index (κ3) is 4.37. The number of nitriles is 1. The molecule has 0 aliphatic heterocycles. The lowest BCUT2D eigenvalue weighted by Crippen LogP contribution is -2.15. The number of benzene rings is 1. The summed E-state index contributed by atoms with van der Waals surface area (Å²) in [5.41, 5.74) is 7.57. The molecule has 0 saturated heterocycles. The molecule has 0 spiro atoms. The first-order valence-corrected chi connectivity index (χ1v) is 6.21. The Kier molecular flexibility index (Phi) is 5.23. The van der Waals surface area contributed by atoms with Gasteiger partial charge in [-0.1, -0.05) is 18.2 Å². The zero-order chi connectivity index (χ0) is 11.1. The number of hydrogen-bond donors (Lipinski definition) is 1. The molecule has 1 aromatic rings. The molecule has 0 heterocycles. The molecule has 1 atom stereocenters. The lowest BCUT2D eigenvalue weighted by atomic mass is 10.1. The van der Waals surface area contributed by atoms with Gasteiger partial charge in [-0.3, -0.25) is 0 Å². The maximum Gasteiger partial charge on any atom is 0.0994 e. The molecular weight excluding hydrogens is 204 g/mol. The molecular formula is C12H16N2S. The quantitative estimate of drug-likeness (QED) is 0.776. The highest BCUT2D eigenvalue weighted by Crippen LogP contribution is 2.16. The minimum absolute atomic E-state index is 0.267. The molecule has 0 radical (unpaired) electrons. The van der Waals surface area contributed by atoms with Gasteiger partial charge in [0, 0.05) is 11.8 Å². The van der Waals surface area contributed by atoms with Crippen molar-refractivity contribution in [3.63, 3.8) is 0 Å². The summed E-state index contributed by atoms with van der Waals surface area (Å²) in [5.74, 6) is 1.95. The molecule has 2 nitrogen and oxygen atoms in total. The van der Waals surface area contributed by atoms with Gasteiger partial charge in [0.2, 0.25) is 0 Å². The van der Waals surface area contributed by atoms with E-state index in [4.69, 9.17) is 11.0 Å². The van der Waals surface area contributed by atoms with Gasteiger partial charge in [-0.2, -0.15) is 17.0 Å². The van der Waals surface area contributed by atoms with E-state index in [9.17, 15) is 0 Å². The molecule has 80 valence electrons. The molecule has 0 aliphatic carbocycles. The molecule has 0 amide bonds. The number of rotatable bonds is 5. The van der Waals surface area contributed by atoms with Gasteiger partial charge >= 0.3 is 0 Å². The molecule has 1 aromatic carbocycles. The number of hydrogen-bond acceptors (Lipinski definition) is 3. The van der Waals surface area contributed by atoms with Crippen LogP contribution in [0.4, 0.5) is 0 Å². The second-order valence-corrected chi connectivity index (χ2v) is 4.69. The summed E-state index contributed by atoms with van der Waals surface area (Å²) in [6.45, 7) is 2.02. The fourth-order valence-corrected chi connectivity index (χ4v) is 2.36. The smallest absolute Gasteiger partial charge is 0.0994 e. The molecule has 1 rings (SSSR count). The Bertz CT molecular complexity index is 342. The van der Waals surface area contributed by atoms with Crippen LogP contribution in [0.3, 0.4) is 0 Å². The van der Waals surface area contributed by atoms with Crippen molar-refractivity contribution in [3.05, 3.63) is 35.4 Å². The first-order valence-electron chi connectivity index (χ1n) is 5.05. The summed E-state index contributed by atoms with van der Waals surface area (Å²) in [6, 6.07) is 10.2. The van der Waals surface area contributed by atoms with Gasteiger partial charge in [0.05, 0.1) is 11.6 Å². The van der Waals surface area contributed by atoms with E-state index in [1.807, 2.05) is 43.0 Å². The van der Waals surface area contributed by atoms with Crippen LogP contribution in [0.1, 0.15) is 24.5 Å². The monoisotopic (exact) mass is 220 g/mol. The third-order valence-corrected chi connectivity index (χ3v) is 3.15. The molecule has 2 N–H and O–H groups in total. The van der Waals surface area contributed by atoms with Crippen LogP contribution in [-0.4, -0.2) is 11.8 Å². The van der Waals surface area contributed by atoms with Crippen molar-refractivity contribution >= 4 is 11.8 Å². The van der Waals surface area contributed by atoms with Crippen molar-refractivity contribution < 1.29 is 0 Å². The van der Waals surface area contributed by atoms with Crippen LogP contribution in [0.25, 0.3) is 0 Å². The van der Waals surface area contributed by atoms with Crippen LogP contribution < -0.4 is 5.73 Å². The standard InChI is InChI=1S/C12H16N2S/c1-10(14)6-7-15-9-12-5-3-2-4-11(12)8-13/h2-5,10H,6-7,9,14H2,1H3. The number of thioether (sulfide) groups is 1. The second kappa shape index (κ2) is 6.49. The highest BCUT2D eigenvalue weighted by atomic mass is 32.2. The van der Waals surface area contributed by atoms with E-state index >= 15 is 0 Å². The van der Waals surface area contributed by atoms with Crippen molar-refractivity contribution in [2.45, 2.75) is 25.1 Å². The molecule has 0 fully saturated rings.